The van der Waals surface area contributed by atoms with Gasteiger partial charge in [-0.25, -0.2) is 4.79 Å². The van der Waals surface area contributed by atoms with Crippen LogP contribution in [0.1, 0.15) is 0 Å². The molecule has 4 nitrogen and oxygen atoms in total. The highest BCUT2D eigenvalue weighted by Gasteiger charge is 2.21. The van der Waals surface area contributed by atoms with Crippen LogP contribution in [-0.4, -0.2) is 29.3 Å². The minimum atomic E-state index is -0.544. The highest BCUT2D eigenvalue weighted by atomic mass is 32.1. The van der Waals surface area contributed by atoms with E-state index in [0.717, 1.165) is 0 Å². The van der Waals surface area contributed by atoms with Crippen LogP contribution in [0.5, 0.6) is 0 Å². The predicted octanol–water partition coefficient (Wildman–Crippen LogP) is -0.318. The van der Waals surface area contributed by atoms with E-state index in [-0.39, 0.29) is 5.17 Å². The number of thiocarbonyl (C=S) groups is 1. The number of hydrogen-bond donors (Lipinski definition) is 1. The number of urea groups is 1. The van der Waals surface area contributed by atoms with Crippen molar-refractivity contribution in [1.82, 2.24) is 4.90 Å². The Hall–Kier alpha value is -0.840. The first-order chi connectivity index (χ1) is 4.22. The van der Waals surface area contributed by atoms with Gasteiger partial charge in [-0.05, 0) is 12.2 Å². The standard InChI is InChI=1S/C4H6N2O2S/c5-3(7)6-1-2-8-4(6)9/h1-2H2,(H2,5,7). The fourth-order valence-electron chi connectivity index (χ4n) is 0.594. The molecule has 1 rings (SSSR count). The number of primary amides is 1. The number of ether oxygens (including phenoxy) is 1. The molecular weight excluding hydrogens is 140 g/mol. The number of carbonyl (C=O) groups is 1. The van der Waals surface area contributed by atoms with Crippen LogP contribution >= 0.6 is 12.2 Å². The van der Waals surface area contributed by atoms with Crippen LogP contribution in [0.25, 0.3) is 0 Å². The molecule has 1 fully saturated rings. The molecule has 0 aromatic carbocycles. The van der Waals surface area contributed by atoms with Crippen LogP contribution in [0.3, 0.4) is 0 Å². The second-order valence-electron chi connectivity index (χ2n) is 1.60. The largest absolute Gasteiger partial charge is 0.469 e. The molecule has 9 heavy (non-hydrogen) atoms. The zero-order chi connectivity index (χ0) is 6.85. The Labute approximate surface area is 57.6 Å². The van der Waals surface area contributed by atoms with Gasteiger partial charge in [0.25, 0.3) is 5.17 Å². The molecule has 1 heterocycles. The molecule has 0 aliphatic carbocycles. The summed E-state index contributed by atoms with van der Waals surface area (Å²) >= 11 is 4.62. The summed E-state index contributed by atoms with van der Waals surface area (Å²) in [7, 11) is 0. The molecule has 0 bridgehead atoms. The average Bonchev–Trinajstić information content (AvgIpc) is 2.13. The molecule has 0 atom stereocenters. The lowest BCUT2D eigenvalue weighted by Crippen LogP contribution is -2.35. The lowest BCUT2D eigenvalue weighted by molar-refractivity contribution is 0.233. The van der Waals surface area contributed by atoms with Crippen molar-refractivity contribution < 1.29 is 9.53 Å². The molecule has 0 saturated carbocycles. The van der Waals surface area contributed by atoms with Gasteiger partial charge in [-0.15, -0.1) is 0 Å². The highest BCUT2D eigenvalue weighted by molar-refractivity contribution is 7.80. The van der Waals surface area contributed by atoms with Gasteiger partial charge < -0.3 is 10.5 Å². The average molecular weight is 146 g/mol. The van der Waals surface area contributed by atoms with Crippen LogP contribution in [0.15, 0.2) is 0 Å². The van der Waals surface area contributed by atoms with E-state index in [1.54, 1.807) is 0 Å². The van der Waals surface area contributed by atoms with Crippen molar-refractivity contribution in [2.75, 3.05) is 13.2 Å². The van der Waals surface area contributed by atoms with Crippen LogP contribution in [-0.2, 0) is 4.74 Å². The molecule has 0 radical (unpaired) electrons. The molecule has 0 unspecified atom stereocenters. The maximum Gasteiger partial charge on any atom is 0.322 e. The summed E-state index contributed by atoms with van der Waals surface area (Å²) in [5, 5.41) is 0.183. The fraction of sp³-hybridized carbons (Fsp3) is 0.500. The van der Waals surface area contributed by atoms with Gasteiger partial charge in [0.15, 0.2) is 0 Å². The summed E-state index contributed by atoms with van der Waals surface area (Å²) in [4.78, 5) is 11.6. The second kappa shape index (κ2) is 2.18. The Morgan fingerprint density at radius 1 is 1.89 bits per heavy atom. The Morgan fingerprint density at radius 3 is 2.78 bits per heavy atom. The first-order valence-corrected chi connectivity index (χ1v) is 2.86. The van der Waals surface area contributed by atoms with E-state index in [2.05, 4.69) is 12.2 Å². The van der Waals surface area contributed by atoms with Crippen molar-refractivity contribution in [1.29, 1.82) is 0 Å². The van der Waals surface area contributed by atoms with Crippen molar-refractivity contribution in [3.63, 3.8) is 0 Å². The minimum absolute atomic E-state index is 0.183. The molecule has 0 aromatic rings. The van der Waals surface area contributed by atoms with Gasteiger partial charge in [-0.1, -0.05) is 0 Å². The third kappa shape index (κ3) is 1.10. The van der Waals surface area contributed by atoms with Gasteiger partial charge in [-0.2, -0.15) is 0 Å². The van der Waals surface area contributed by atoms with E-state index >= 15 is 0 Å². The molecule has 50 valence electrons. The maximum atomic E-state index is 10.4. The van der Waals surface area contributed by atoms with Gasteiger partial charge >= 0.3 is 6.03 Å². The van der Waals surface area contributed by atoms with Crippen molar-refractivity contribution in [2.24, 2.45) is 5.73 Å². The zero-order valence-electron chi connectivity index (χ0n) is 4.66. The Bertz CT molecular complexity index is 159. The van der Waals surface area contributed by atoms with Crippen LogP contribution in [0, 0.1) is 0 Å². The van der Waals surface area contributed by atoms with Crippen LogP contribution < -0.4 is 5.73 Å². The van der Waals surface area contributed by atoms with E-state index in [9.17, 15) is 4.79 Å². The molecule has 1 aliphatic rings. The van der Waals surface area contributed by atoms with Gasteiger partial charge in [0.2, 0.25) is 0 Å². The SMILES string of the molecule is NC(=O)N1CCOC1=S. The zero-order valence-corrected chi connectivity index (χ0v) is 5.48. The molecule has 2 N–H and O–H groups in total. The lowest BCUT2D eigenvalue weighted by atomic mass is 10.6. The number of hydrogen-bond acceptors (Lipinski definition) is 3. The van der Waals surface area contributed by atoms with E-state index < -0.39 is 6.03 Å². The number of nitrogens with two attached hydrogens (primary N) is 1. The number of nitrogens with zero attached hydrogens (tertiary/aromatic N) is 1. The summed E-state index contributed by atoms with van der Waals surface area (Å²) in [5.41, 5.74) is 4.91. The number of amides is 2. The predicted molar refractivity (Wildman–Crippen MR) is 34.8 cm³/mol. The third-order valence-corrected chi connectivity index (χ3v) is 1.37. The van der Waals surface area contributed by atoms with E-state index in [1.165, 1.54) is 4.90 Å². The normalized spacial score (nSPS) is 17.8. The van der Waals surface area contributed by atoms with Crippen molar-refractivity contribution in [2.45, 2.75) is 0 Å². The van der Waals surface area contributed by atoms with Gasteiger partial charge in [0, 0.05) is 0 Å². The fourth-order valence-corrected chi connectivity index (χ4v) is 0.858. The third-order valence-electron chi connectivity index (χ3n) is 1.03. The number of carbonyl (C=O) groups excluding carboxylic acids is 1. The first-order valence-electron chi connectivity index (χ1n) is 2.45. The Morgan fingerprint density at radius 2 is 2.56 bits per heavy atom. The minimum Gasteiger partial charge on any atom is -0.469 e. The maximum absolute atomic E-state index is 10.4. The summed E-state index contributed by atoms with van der Waals surface area (Å²) in [5.74, 6) is 0. The molecule has 5 heteroatoms. The molecule has 1 aliphatic heterocycles. The quantitative estimate of drug-likeness (QED) is 0.476. The Balaban J connectivity index is 2.60. The first kappa shape index (κ1) is 6.28. The van der Waals surface area contributed by atoms with Gasteiger partial charge in [-0.3, -0.25) is 4.90 Å². The molecule has 2 amide bonds. The van der Waals surface area contributed by atoms with Crippen LogP contribution in [0.4, 0.5) is 4.79 Å². The summed E-state index contributed by atoms with van der Waals surface area (Å²) < 4.78 is 4.78. The topological polar surface area (TPSA) is 55.6 Å². The van der Waals surface area contributed by atoms with E-state index in [1.807, 2.05) is 0 Å². The summed E-state index contributed by atoms with van der Waals surface area (Å²) in [6.07, 6.45) is 0. The smallest absolute Gasteiger partial charge is 0.322 e. The van der Waals surface area contributed by atoms with Gasteiger partial charge in [0.05, 0.1) is 6.54 Å². The second-order valence-corrected chi connectivity index (χ2v) is 1.95. The van der Waals surface area contributed by atoms with E-state index in [0.29, 0.717) is 13.2 Å². The van der Waals surface area contributed by atoms with Crippen molar-refractivity contribution >= 4 is 23.4 Å². The number of rotatable bonds is 0. The van der Waals surface area contributed by atoms with Crippen LogP contribution in [0.2, 0.25) is 0 Å². The summed E-state index contributed by atoms with van der Waals surface area (Å²) in [6, 6.07) is -0.544. The Kier molecular flexibility index (Phi) is 1.52. The van der Waals surface area contributed by atoms with Crippen molar-refractivity contribution in [3.8, 4) is 0 Å². The van der Waals surface area contributed by atoms with E-state index in [4.69, 9.17) is 10.5 Å². The molecule has 1 saturated heterocycles. The monoisotopic (exact) mass is 146 g/mol. The van der Waals surface area contributed by atoms with Crippen molar-refractivity contribution in [3.05, 3.63) is 0 Å². The summed E-state index contributed by atoms with van der Waals surface area (Å²) in [6.45, 7) is 0.940. The molecule has 0 aromatic heterocycles. The van der Waals surface area contributed by atoms with Gasteiger partial charge in [0.1, 0.15) is 6.61 Å². The highest BCUT2D eigenvalue weighted by Crippen LogP contribution is 2.01. The molecular formula is C4H6N2O2S. The molecule has 0 spiro atoms. The lowest BCUT2D eigenvalue weighted by Gasteiger charge is -2.06.